The molecule has 0 radical (unpaired) electrons. The largest absolute Gasteiger partial charge is 0.367 e. The summed E-state index contributed by atoms with van der Waals surface area (Å²) in [5.74, 6) is 0.251. The molecule has 1 N–H and O–H groups in total. The van der Waals surface area contributed by atoms with Crippen LogP contribution >= 0.6 is 11.8 Å². The van der Waals surface area contributed by atoms with Crippen molar-refractivity contribution in [3.05, 3.63) is 35.4 Å². The van der Waals surface area contributed by atoms with E-state index >= 15 is 0 Å². The van der Waals surface area contributed by atoms with Crippen molar-refractivity contribution in [1.29, 1.82) is 0 Å². The van der Waals surface area contributed by atoms with Crippen molar-refractivity contribution in [3.63, 3.8) is 0 Å². The first kappa shape index (κ1) is 27.1. The van der Waals surface area contributed by atoms with Crippen LogP contribution in [0.5, 0.6) is 0 Å². The first-order valence-electron chi connectivity index (χ1n) is 13.3. The number of amides is 2. The van der Waals surface area contributed by atoms with Gasteiger partial charge in [-0.05, 0) is 82.0 Å². The number of nitrogens with one attached hydrogen (secondary N) is 1. The number of piperidine rings is 1. The van der Waals surface area contributed by atoms with Crippen molar-refractivity contribution in [2.45, 2.75) is 82.4 Å². The third-order valence-corrected chi connectivity index (χ3v) is 8.96. The average molecular weight is 516 g/mol. The van der Waals surface area contributed by atoms with E-state index in [0.717, 1.165) is 25.9 Å². The lowest BCUT2D eigenvalue weighted by Gasteiger charge is -2.34. The second-order valence-corrected chi connectivity index (χ2v) is 12.2. The van der Waals surface area contributed by atoms with E-state index in [0.29, 0.717) is 30.5 Å². The Morgan fingerprint density at radius 1 is 1.11 bits per heavy atom. The fraction of sp³-hybridized carbons (Fsp3) is 0.679. The number of thioether (sulfide) groups is 1. The Balaban J connectivity index is 1.42. The molecule has 36 heavy (non-hydrogen) atoms. The van der Waals surface area contributed by atoms with Crippen LogP contribution in [0.25, 0.3) is 0 Å². The molecule has 2 amide bonds. The summed E-state index contributed by atoms with van der Waals surface area (Å²) in [6.45, 7) is 11.3. The first-order valence-corrected chi connectivity index (χ1v) is 14.6. The zero-order chi connectivity index (χ0) is 26.0. The Bertz CT molecular complexity index is 943. The number of nitrogens with zero attached hydrogens (tertiary/aromatic N) is 2. The Morgan fingerprint density at radius 2 is 1.78 bits per heavy atom. The number of benzene rings is 1. The van der Waals surface area contributed by atoms with Gasteiger partial charge in [-0.3, -0.25) is 14.4 Å². The van der Waals surface area contributed by atoms with Gasteiger partial charge in [-0.2, -0.15) is 11.8 Å². The SMILES string of the molecule is CS[C@H]1CN(C(=O)C(CC(C)C)NC(=O)c2ccc(C3CCN(C(C)C)CC3)cc2)[C@@H]2C(=O)CO[C@H]12. The second-order valence-electron chi connectivity index (χ2n) is 11.1. The summed E-state index contributed by atoms with van der Waals surface area (Å²) in [5, 5.41) is 3.06. The smallest absolute Gasteiger partial charge is 0.251 e. The molecule has 1 unspecified atom stereocenters. The van der Waals surface area contributed by atoms with E-state index in [9.17, 15) is 14.4 Å². The van der Waals surface area contributed by atoms with Crippen LogP contribution in [0, 0.1) is 5.92 Å². The minimum Gasteiger partial charge on any atom is -0.367 e. The molecule has 1 aromatic rings. The minimum absolute atomic E-state index is 0.0469. The van der Waals surface area contributed by atoms with Gasteiger partial charge < -0.3 is 19.9 Å². The van der Waals surface area contributed by atoms with E-state index < -0.39 is 12.1 Å². The van der Waals surface area contributed by atoms with E-state index in [1.54, 1.807) is 16.7 Å². The first-order chi connectivity index (χ1) is 17.2. The summed E-state index contributed by atoms with van der Waals surface area (Å²) in [6.07, 6.45) is 4.50. The molecule has 4 rings (SSSR count). The van der Waals surface area contributed by atoms with Gasteiger partial charge in [-0.15, -0.1) is 0 Å². The van der Waals surface area contributed by atoms with Crippen LogP contribution in [0.2, 0.25) is 0 Å². The molecule has 4 atom stereocenters. The number of hydrogen-bond donors (Lipinski definition) is 1. The van der Waals surface area contributed by atoms with Gasteiger partial charge in [-0.1, -0.05) is 26.0 Å². The van der Waals surface area contributed by atoms with Crippen molar-refractivity contribution < 1.29 is 19.1 Å². The number of carbonyl (C=O) groups excluding carboxylic acids is 3. The van der Waals surface area contributed by atoms with Gasteiger partial charge in [0, 0.05) is 18.2 Å². The quantitative estimate of drug-likeness (QED) is 0.572. The molecule has 0 aromatic heterocycles. The zero-order valence-electron chi connectivity index (χ0n) is 22.2. The Hall–Kier alpha value is -1.90. The summed E-state index contributed by atoms with van der Waals surface area (Å²) >= 11 is 1.62. The number of carbonyl (C=O) groups is 3. The van der Waals surface area contributed by atoms with E-state index in [1.165, 1.54) is 5.56 Å². The molecule has 198 valence electrons. The second kappa shape index (κ2) is 11.7. The number of ether oxygens (including phenoxy) is 1. The molecule has 3 fully saturated rings. The van der Waals surface area contributed by atoms with Crippen LogP contribution in [0.3, 0.4) is 0 Å². The molecule has 0 spiro atoms. The van der Waals surface area contributed by atoms with Crippen molar-refractivity contribution in [1.82, 2.24) is 15.1 Å². The highest BCUT2D eigenvalue weighted by Gasteiger charge is 2.52. The number of Topliss-reactive ketones (excluding diaryl/α,β-unsaturated/α-hetero) is 1. The van der Waals surface area contributed by atoms with E-state index in [4.69, 9.17) is 4.74 Å². The van der Waals surface area contributed by atoms with Gasteiger partial charge in [0.05, 0.1) is 11.4 Å². The van der Waals surface area contributed by atoms with Crippen molar-refractivity contribution in [2.24, 2.45) is 5.92 Å². The van der Waals surface area contributed by atoms with Crippen LogP contribution in [0.15, 0.2) is 24.3 Å². The van der Waals surface area contributed by atoms with Crippen molar-refractivity contribution >= 4 is 29.4 Å². The number of likely N-dealkylation sites (tertiary alicyclic amines) is 2. The number of fused-ring (bicyclic) bond motifs is 1. The van der Waals surface area contributed by atoms with Gasteiger partial charge in [-0.25, -0.2) is 0 Å². The fourth-order valence-electron chi connectivity index (χ4n) is 5.84. The third kappa shape index (κ3) is 5.81. The monoisotopic (exact) mass is 515 g/mol. The average Bonchev–Trinajstić information content (AvgIpc) is 3.43. The molecule has 3 saturated heterocycles. The van der Waals surface area contributed by atoms with E-state index in [2.05, 4.69) is 36.2 Å². The van der Waals surface area contributed by atoms with Crippen LogP contribution in [-0.4, -0.2) is 89.4 Å². The highest BCUT2D eigenvalue weighted by atomic mass is 32.2. The van der Waals surface area contributed by atoms with E-state index in [1.807, 2.05) is 32.2 Å². The predicted molar refractivity (Wildman–Crippen MR) is 143 cm³/mol. The molecule has 3 aliphatic rings. The van der Waals surface area contributed by atoms with E-state index in [-0.39, 0.29) is 41.5 Å². The lowest BCUT2D eigenvalue weighted by Crippen LogP contribution is -2.52. The molecular weight excluding hydrogens is 474 g/mol. The summed E-state index contributed by atoms with van der Waals surface area (Å²) in [5.41, 5.74) is 1.83. The van der Waals surface area contributed by atoms with Crippen molar-refractivity contribution in [3.8, 4) is 0 Å². The van der Waals surface area contributed by atoms with Gasteiger partial charge in [0.1, 0.15) is 18.7 Å². The van der Waals surface area contributed by atoms with Crippen LogP contribution in [-0.2, 0) is 14.3 Å². The Labute approximate surface area is 219 Å². The molecule has 1 aromatic carbocycles. The third-order valence-electron chi connectivity index (χ3n) is 7.94. The summed E-state index contributed by atoms with van der Waals surface area (Å²) in [6, 6.07) is 7.24. The summed E-state index contributed by atoms with van der Waals surface area (Å²) in [4.78, 5) is 43.5. The maximum absolute atomic E-state index is 13.6. The van der Waals surface area contributed by atoms with Crippen LogP contribution in [0.1, 0.15) is 68.8 Å². The van der Waals surface area contributed by atoms with Crippen LogP contribution in [0.4, 0.5) is 0 Å². The predicted octanol–water partition coefficient (Wildman–Crippen LogP) is 3.33. The molecule has 0 saturated carbocycles. The fourth-order valence-corrected chi connectivity index (χ4v) is 6.64. The molecule has 3 aliphatic heterocycles. The molecule has 8 heteroatoms. The molecule has 0 aliphatic carbocycles. The molecule has 7 nitrogen and oxygen atoms in total. The highest BCUT2D eigenvalue weighted by molar-refractivity contribution is 7.99. The number of hydrogen-bond acceptors (Lipinski definition) is 6. The summed E-state index contributed by atoms with van der Waals surface area (Å²) < 4.78 is 5.71. The minimum atomic E-state index is -0.674. The maximum atomic E-state index is 13.6. The van der Waals surface area contributed by atoms with Gasteiger partial charge in [0.25, 0.3) is 5.91 Å². The summed E-state index contributed by atoms with van der Waals surface area (Å²) in [7, 11) is 0. The highest BCUT2D eigenvalue weighted by Crippen LogP contribution is 2.34. The Morgan fingerprint density at radius 3 is 2.36 bits per heavy atom. The molecule has 3 heterocycles. The van der Waals surface area contributed by atoms with Gasteiger partial charge >= 0.3 is 0 Å². The Kier molecular flexibility index (Phi) is 8.79. The molecular formula is C28H41N3O4S. The van der Waals surface area contributed by atoms with Gasteiger partial charge in [0.15, 0.2) is 5.78 Å². The standard InChI is InChI=1S/C28H41N3O4S/c1-17(2)14-22(28(34)31-15-24(36-5)26-25(31)23(32)16-35-26)29-27(33)21-8-6-19(7-9-21)20-10-12-30(13-11-20)18(3)4/h6-9,17-18,20,22,24-26H,10-16H2,1-5H3,(H,29,33)/t22?,24-,25+,26+/m0/s1. The maximum Gasteiger partial charge on any atom is 0.251 e. The lowest BCUT2D eigenvalue weighted by atomic mass is 9.88. The lowest BCUT2D eigenvalue weighted by molar-refractivity contribution is -0.138. The number of ketones is 1. The van der Waals surface area contributed by atoms with Crippen LogP contribution < -0.4 is 5.32 Å². The normalized spacial score (nSPS) is 26.0. The van der Waals surface area contributed by atoms with Gasteiger partial charge in [0.2, 0.25) is 5.91 Å². The topological polar surface area (TPSA) is 79.0 Å². The van der Waals surface area contributed by atoms with Crippen molar-refractivity contribution in [2.75, 3.05) is 32.5 Å². The zero-order valence-corrected chi connectivity index (χ0v) is 23.1. The number of rotatable bonds is 8. The molecule has 0 bridgehead atoms.